The maximum atomic E-state index is 13.2. The third-order valence-electron chi connectivity index (χ3n) is 7.29. The van der Waals surface area contributed by atoms with Crippen LogP contribution in [0.1, 0.15) is 68.2 Å². The van der Waals surface area contributed by atoms with Crippen LogP contribution >= 0.6 is 0 Å². The molecule has 38 heavy (non-hydrogen) atoms. The van der Waals surface area contributed by atoms with Gasteiger partial charge in [0.25, 0.3) is 11.7 Å². The number of Topliss-reactive ketones (excluding diaryl/α,β-unsaturated/α-hetero) is 1. The lowest BCUT2D eigenvalue weighted by Crippen LogP contribution is -2.35. The SMILES string of the molecule is COCCCN1C(=O)C(=O)C(=C(O)c2ccc(S(=O)(=O)N3CCCCC3)cc2)[C@@H]1c1ccc(C(C)C)cc1. The molecule has 2 heterocycles. The van der Waals surface area contributed by atoms with Crippen LogP contribution in [0, 0.1) is 0 Å². The fourth-order valence-electron chi connectivity index (χ4n) is 5.09. The van der Waals surface area contributed by atoms with Gasteiger partial charge in [0.05, 0.1) is 16.5 Å². The maximum Gasteiger partial charge on any atom is 0.295 e. The predicted molar refractivity (Wildman–Crippen MR) is 145 cm³/mol. The first kappa shape index (κ1) is 28.0. The number of piperidine rings is 1. The third kappa shape index (κ3) is 5.55. The molecule has 204 valence electrons. The number of aliphatic hydroxyl groups excluding tert-OH is 1. The molecular weight excluding hydrogens is 504 g/mol. The van der Waals surface area contributed by atoms with Gasteiger partial charge in [0.2, 0.25) is 10.0 Å². The van der Waals surface area contributed by atoms with Crippen LogP contribution in [0.15, 0.2) is 59.0 Å². The van der Waals surface area contributed by atoms with Gasteiger partial charge in [-0.05, 0) is 60.6 Å². The van der Waals surface area contributed by atoms with Crippen LogP contribution in [-0.2, 0) is 24.3 Å². The normalized spacial score (nSPS) is 20.4. The number of hydrogen-bond acceptors (Lipinski definition) is 6. The lowest BCUT2D eigenvalue weighted by Gasteiger charge is -2.26. The van der Waals surface area contributed by atoms with Gasteiger partial charge in [0.1, 0.15) is 5.76 Å². The number of hydrogen-bond donors (Lipinski definition) is 1. The van der Waals surface area contributed by atoms with Gasteiger partial charge in [-0.2, -0.15) is 4.31 Å². The van der Waals surface area contributed by atoms with E-state index >= 15 is 0 Å². The Balaban J connectivity index is 1.72. The minimum absolute atomic E-state index is 0.00338. The van der Waals surface area contributed by atoms with Crippen molar-refractivity contribution in [3.05, 3.63) is 70.8 Å². The zero-order valence-electron chi connectivity index (χ0n) is 22.2. The smallest absolute Gasteiger partial charge is 0.295 e. The van der Waals surface area contributed by atoms with Gasteiger partial charge in [0, 0.05) is 38.9 Å². The van der Waals surface area contributed by atoms with Crippen molar-refractivity contribution in [2.75, 3.05) is 33.4 Å². The van der Waals surface area contributed by atoms with Gasteiger partial charge < -0.3 is 14.7 Å². The Kier molecular flexibility index (Phi) is 8.70. The van der Waals surface area contributed by atoms with Crippen molar-refractivity contribution in [1.82, 2.24) is 9.21 Å². The molecule has 0 spiro atoms. The molecule has 1 amide bonds. The number of ketones is 1. The highest BCUT2D eigenvalue weighted by Crippen LogP contribution is 2.40. The summed E-state index contributed by atoms with van der Waals surface area (Å²) in [5.41, 5.74) is 2.12. The van der Waals surface area contributed by atoms with Crippen LogP contribution in [0.4, 0.5) is 0 Å². The Labute approximate surface area is 225 Å². The quantitative estimate of drug-likeness (QED) is 0.218. The summed E-state index contributed by atoms with van der Waals surface area (Å²) < 4.78 is 32.7. The van der Waals surface area contributed by atoms with Gasteiger partial charge in [-0.3, -0.25) is 9.59 Å². The van der Waals surface area contributed by atoms with Crippen LogP contribution in [0.5, 0.6) is 0 Å². The monoisotopic (exact) mass is 540 g/mol. The number of methoxy groups -OCH3 is 1. The average Bonchev–Trinajstić information content (AvgIpc) is 3.18. The number of ether oxygens (including phenoxy) is 1. The molecule has 9 heteroatoms. The van der Waals surface area contributed by atoms with Gasteiger partial charge in [0.15, 0.2) is 0 Å². The molecule has 1 N–H and O–H groups in total. The van der Waals surface area contributed by atoms with E-state index in [-0.39, 0.29) is 21.8 Å². The summed E-state index contributed by atoms with van der Waals surface area (Å²) in [6.07, 6.45) is 3.22. The second-order valence-electron chi connectivity index (χ2n) is 10.1. The molecule has 4 rings (SSSR count). The number of rotatable bonds is 9. The van der Waals surface area contributed by atoms with Crippen molar-refractivity contribution < 1.29 is 27.9 Å². The van der Waals surface area contributed by atoms with E-state index in [1.807, 2.05) is 24.3 Å². The molecule has 2 aromatic rings. The lowest BCUT2D eigenvalue weighted by atomic mass is 9.93. The minimum atomic E-state index is -3.64. The number of aliphatic hydroxyl groups is 1. The third-order valence-corrected chi connectivity index (χ3v) is 9.20. The number of nitrogens with zero attached hydrogens (tertiary/aromatic N) is 2. The topological polar surface area (TPSA) is 104 Å². The van der Waals surface area contributed by atoms with E-state index in [2.05, 4.69) is 13.8 Å². The minimum Gasteiger partial charge on any atom is -0.507 e. The molecule has 2 fully saturated rings. The first-order chi connectivity index (χ1) is 18.2. The Morgan fingerprint density at radius 2 is 1.63 bits per heavy atom. The molecule has 0 aliphatic carbocycles. The number of carbonyl (C=O) groups excluding carboxylic acids is 2. The second kappa shape index (κ2) is 11.8. The van der Waals surface area contributed by atoms with Crippen molar-refractivity contribution in [3.63, 3.8) is 0 Å². The first-order valence-corrected chi connectivity index (χ1v) is 14.6. The Bertz CT molecular complexity index is 1290. The molecular formula is C29H36N2O6S. The fraction of sp³-hybridized carbons (Fsp3) is 0.448. The number of amides is 1. The van der Waals surface area contributed by atoms with Gasteiger partial charge in [-0.25, -0.2) is 8.42 Å². The Morgan fingerprint density at radius 3 is 2.21 bits per heavy atom. The van der Waals surface area contributed by atoms with Crippen molar-refractivity contribution in [2.24, 2.45) is 0 Å². The van der Waals surface area contributed by atoms with E-state index < -0.39 is 27.8 Å². The van der Waals surface area contributed by atoms with E-state index in [0.29, 0.717) is 38.6 Å². The predicted octanol–water partition coefficient (Wildman–Crippen LogP) is 4.44. The average molecular weight is 541 g/mol. The Hall–Kier alpha value is -3.01. The standard InChI is InChI=1S/C29H36N2O6S/c1-20(2)21-8-10-22(11-9-21)26-25(28(33)29(34)31(26)18-7-19-37-3)27(32)23-12-14-24(15-13-23)38(35,36)30-16-5-4-6-17-30/h8-15,20,26,32H,4-7,16-19H2,1-3H3/t26-/m0/s1. The van der Waals surface area contributed by atoms with Crippen LogP contribution in [-0.4, -0.2) is 67.8 Å². The molecule has 2 saturated heterocycles. The van der Waals surface area contributed by atoms with Crippen molar-refractivity contribution in [2.45, 2.75) is 56.4 Å². The molecule has 0 bridgehead atoms. The molecule has 2 aromatic carbocycles. The maximum absolute atomic E-state index is 13.2. The lowest BCUT2D eigenvalue weighted by molar-refractivity contribution is -0.140. The van der Waals surface area contributed by atoms with E-state index in [9.17, 15) is 23.1 Å². The highest BCUT2D eigenvalue weighted by Gasteiger charge is 2.45. The van der Waals surface area contributed by atoms with E-state index in [1.54, 1.807) is 7.11 Å². The van der Waals surface area contributed by atoms with Crippen LogP contribution in [0.2, 0.25) is 0 Å². The summed E-state index contributed by atoms with van der Waals surface area (Å²) in [5.74, 6) is -1.44. The molecule has 8 nitrogen and oxygen atoms in total. The van der Waals surface area contributed by atoms with E-state index in [0.717, 1.165) is 30.4 Å². The zero-order chi connectivity index (χ0) is 27.4. The van der Waals surface area contributed by atoms with Crippen molar-refractivity contribution >= 4 is 27.5 Å². The van der Waals surface area contributed by atoms with E-state index in [4.69, 9.17) is 4.74 Å². The number of carbonyl (C=O) groups is 2. The second-order valence-corrected chi connectivity index (χ2v) is 12.1. The summed E-state index contributed by atoms with van der Waals surface area (Å²) in [6, 6.07) is 12.8. The molecule has 2 aliphatic heterocycles. The number of likely N-dealkylation sites (tertiary alicyclic amines) is 1. The molecule has 0 unspecified atom stereocenters. The fourth-order valence-corrected chi connectivity index (χ4v) is 6.61. The number of benzene rings is 2. The van der Waals surface area contributed by atoms with Crippen LogP contribution in [0.25, 0.3) is 5.76 Å². The number of sulfonamides is 1. The van der Waals surface area contributed by atoms with Crippen LogP contribution < -0.4 is 0 Å². The summed E-state index contributed by atoms with van der Waals surface area (Å²) in [5, 5.41) is 11.3. The largest absolute Gasteiger partial charge is 0.507 e. The molecule has 0 saturated carbocycles. The van der Waals surface area contributed by atoms with Crippen molar-refractivity contribution in [1.29, 1.82) is 0 Å². The van der Waals surface area contributed by atoms with E-state index in [1.165, 1.54) is 33.5 Å². The summed E-state index contributed by atoms with van der Waals surface area (Å²) in [7, 11) is -2.06. The summed E-state index contributed by atoms with van der Waals surface area (Å²) >= 11 is 0. The molecule has 2 aliphatic rings. The highest BCUT2D eigenvalue weighted by atomic mass is 32.2. The summed E-state index contributed by atoms with van der Waals surface area (Å²) in [6.45, 7) is 5.87. The van der Waals surface area contributed by atoms with Gasteiger partial charge >= 0.3 is 0 Å². The molecule has 0 aromatic heterocycles. The van der Waals surface area contributed by atoms with Crippen LogP contribution in [0.3, 0.4) is 0 Å². The molecule has 1 atom stereocenters. The van der Waals surface area contributed by atoms with Gasteiger partial charge in [-0.1, -0.05) is 44.5 Å². The van der Waals surface area contributed by atoms with Crippen molar-refractivity contribution in [3.8, 4) is 0 Å². The van der Waals surface area contributed by atoms with Gasteiger partial charge in [-0.15, -0.1) is 0 Å². The first-order valence-electron chi connectivity index (χ1n) is 13.1. The molecule has 0 radical (unpaired) electrons. The highest BCUT2D eigenvalue weighted by molar-refractivity contribution is 7.89. The Morgan fingerprint density at radius 1 is 1.00 bits per heavy atom. The summed E-state index contributed by atoms with van der Waals surface area (Å²) in [4.78, 5) is 27.9. The zero-order valence-corrected chi connectivity index (χ0v) is 23.0.